The number of aryl methyl sites for hydroxylation is 2. The van der Waals surface area contributed by atoms with E-state index in [2.05, 4.69) is 69.0 Å². The second kappa shape index (κ2) is 9.56. The third kappa shape index (κ3) is 6.40. The predicted molar refractivity (Wildman–Crippen MR) is 95.1 cm³/mol. The molecule has 2 rings (SSSR count). The van der Waals surface area contributed by atoms with Gasteiger partial charge < -0.3 is 5.11 Å². The zero-order valence-electron chi connectivity index (χ0n) is 12.9. The van der Waals surface area contributed by atoms with Crippen LogP contribution in [0.1, 0.15) is 31.9 Å². The Kier molecular flexibility index (Phi) is 8.54. The van der Waals surface area contributed by atoms with E-state index in [1.54, 1.807) is 6.92 Å². The van der Waals surface area contributed by atoms with Gasteiger partial charge in [0.2, 0.25) is 0 Å². The fourth-order valence-corrected chi connectivity index (χ4v) is 1.64. The first-order chi connectivity index (χ1) is 9.93. The van der Waals surface area contributed by atoms with Crippen LogP contribution in [0.5, 0.6) is 0 Å². The number of carboxylic acids is 1. The summed E-state index contributed by atoms with van der Waals surface area (Å²) in [5, 5.41) is 8.08. The first kappa shape index (κ1) is 19.7. The Morgan fingerprint density at radius 1 is 0.909 bits per heavy atom. The number of hydrogen-bond donors (Lipinski definition) is 1. The number of rotatable bonds is 3. The second-order valence-corrected chi connectivity index (χ2v) is 4.99. The van der Waals surface area contributed by atoms with Crippen LogP contribution in [0.25, 0.3) is 11.1 Å². The molecule has 0 aromatic heterocycles. The second-order valence-electron chi connectivity index (χ2n) is 4.99. The van der Waals surface area contributed by atoms with Gasteiger partial charge in [0.1, 0.15) is 0 Å². The van der Waals surface area contributed by atoms with E-state index in [0.29, 0.717) is 6.42 Å². The third-order valence-electron chi connectivity index (χ3n) is 3.17. The summed E-state index contributed by atoms with van der Waals surface area (Å²) in [5.41, 5.74) is 5.45. The van der Waals surface area contributed by atoms with Gasteiger partial charge >= 0.3 is 5.97 Å². The van der Waals surface area contributed by atoms with Crippen molar-refractivity contribution >= 4 is 5.97 Å². The molecule has 0 bridgehead atoms. The maximum Gasteiger partial charge on any atom is 0.330 e. The van der Waals surface area contributed by atoms with Crippen LogP contribution in [-0.2, 0) is 4.79 Å². The van der Waals surface area contributed by atoms with Crippen LogP contribution < -0.4 is 0 Å². The van der Waals surface area contributed by atoms with E-state index in [1.165, 1.54) is 22.3 Å². The normalized spacial score (nSPS) is 9.05. The predicted octanol–water partition coefficient (Wildman–Crippen LogP) is 5.64. The highest BCUT2D eigenvalue weighted by atomic mass is 16.4. The van der Waals surface area contributed by atoms with Crippen LogP contribution in [0, 0.1) is 13.8 Å². The summed E-state index contributed by atoms with van der Waals surface area (Å²) in [6, 6.07) is 17.3. The van der Waals surface area contributed by atoms with Crippen molar-refractivity contribution in [2.75, 3.05) is 0 Å². The van der Waals surface area contributed by atoms with Crippen LogP contribution in [-0.4, -0.2) is 11.1 Å². The molecule has 0 atom stereocenters. The summed E-state index contributed by atoms with van der Waals surface area (Å²) in [7, 11) is 0. The minimum atomic E-state index is -0.900. The lowest BCUT2D eigenvalue weighted by atomic mass is 10.0. The Morgan fingerprint density at radius 3 is 1.41 bits per heavy atom. The van der Waals surface area contributed by atoms with E-state index in [0.717, 1.165) is 0 Å². The highest BCUT2D eigenvalue weighted by molar-refractivity contribution is 5.85. The van der Waals surface area contributed by atoms with Gasteiger partial charge in [-0.2, -0.15) is 0 Å². The van der Waals surface area contributed by atoms with Gasteiger partial charge in [0.05, 0.1) is 0 Å². The fourth-order valence-electron chi connectivity index (χ4n) is 1.64. The number of carboxylic acid groups (broad SMARTS) is 1. The molecule has 0 aliphatic carbocycles. The number of benzene rings is 2. The van der Waals surface area contributed by atoms with Crippen LogP contribution >= 0.6 is 0 Å². The average Bonchev–Trinajstić information content (AvgIpc) is 2.48. The van der Waals surface area contributed by atoms with Crippen molar-refractivity contribution in [2.24, 2.45) is 0 Å². The van der Waals surface area contributed by atoms with Crippen molar-refractivity contribution in [2.45, 2.75) is 34.6 Å². The third-order valence-corrected chi connectivity index (χ3v) is 3.17. The van der Waals surface area contributed by atoms with E-state index < -0.39 is 5.97 Å². The molecule has 0 aliphatic heterocycles. The molecule has 0 heterocycles. The SMILES string of the molecule is C.C=C(CC)C(=O)O.Cc1ccc(-c2ccc(C)cc2)cc1. The molecule has 0 aliphatic rings. The number of aliphatic carboxylic acids is 1. The lowest BCUT2D eigenvalue weighted by Gasteiger charge is -2.02. The van der Waals surface area contributed by atoms with Crippen LogP contribution in [0.2, 0.25) is 0 Å². The highest BCUT2D eigenvalue weighted by Crippen LogP contribution is 2.19. The van der Waals surface area contributed by atoms with E-state index >= 15 is 0 Å². The Bertz CT molecular complexity index is 549. The van der Waals surface area contributed by atoms with Gasteiger partial charge in [0.25, 0.3) is 0 Å². The van der Waals surface area contributed by atoms with E-state index in [4.69, 9.17) is 5.11 Å². The Morgan fingerprint density at radius 2 is 1.23 bits per heavy atom. The minimum Gasteiger partial charge on any atom is -0.478 e. The zero-order valence-corrected chi connectivity index (χ0v) is 12.9. The summed E-state index contributed by atoms with van der Waals surface area (Å²) >= 11 is 0. The monoisotopic (exact) mass is 298 g/mol. The molecular weight excluding hydrogens is 272 g/mol. The molecule has 0 spiro atoms. The largest absolute Gasteiger partial charge is 0.478 e. The molecule has 2 heteroatoms. The Labute approximate surface area is 134 Å². The molecule has 0 saturated carbocycles. The summed E-state index contributed by atoms with van der Waals surface area (Å²) in [6.45, 7) is 9.25. The van der Waals surface area contributed by atoms with Crippen molar-refractivity contribution in [3.05, 3.63) is 71.8 Å². The Hall–Kier alpha value is -2.35. The van der Waals surface area contributed by atoms with Crippen LogP contribution in [0.15, 0.2) is 60.7 Å². The smallest absolute Gasteiger partial charge is 0.330 e. The van der Waals surface area contributed by atoms with Gasteiger partial charge in [0.15, 0.2) is 0 Å². The quantitative estimate of drug-likeness (QED) is 0.744. The van der Waals surface area contributed by atoms with Crippen molar-refractivity contribution < 1.29 is 9.90 Å². The molecular formula is C20H26O2. The fraction of sp³-hybridized carbons (Fsp3) is 0.250. The van der Waals surface area contributed by atoms with E-state index in [-0.39, 0.29) is 13.0 Å². The van der Waals surface area contributed by atoms with Crippen LogP contribution in [0.4, 0.5) is 0 Å². The van der Waals surface area contributed by atoms with Crippen molar-refractivity contribution in [3.63, 3.8) is 0 Å². The molecule has 0 unspecified atom stereocenters. The van der Waals surface area contributed by atoms with Gasteiger partial charge in [-0.15, -0.1) is 0 Å². The maximum atomic E-state index is 9.83. The maximum absolute atomic E-state index is 9.83. The van der Waals surface area contributed by atoms with Gasteiger partial charge in [-0.05, 0) is 31.4 Å². The molecule has 118 valence electrons. The van der Waals surface area contributed by atoms with Gasteiger partial charge in [-0.3, -0.25) is 0 Å². The zero-order chi connectivity index (χ0) is 15.8. The Balaban J connectivity index is 0.000000478. The molecule has 0 amide bonds. The van der Waals surface area contributed by atoms with Crippen molar-refractivity contribution in [3.8, 4) is 11.1 Å². The van der Waals surface area contributed by atoms with Gasteiger partial charge in [-0.1, -0.05) is 80.6 Å². The molecule has 2 nitrogen and oxygen atoms in total. The van der Waals surface area contributed by atoms with Crippen molar-refractivity contribution in [1.29, 1.82) is 0 Å². The summed E-state index contributed by atoms with van der Waals surface area (Å²) in [4.78, 5) is 9.83. The van der Waals surface area contributed by atoms with Crippen molar-refractivity contribution in [1.82, 2.24) is 0 Å². The molecule has 22 heavy (non-hydrogen) atoms. The molecule has 0 radical (unpaired) electrons. The molecule has 0 fully saturated rings. The molecule has 1 N–H and O–H groups in total. The first-order valence-electron chi connectivity index (χ1n) is 6.98. The lowest BCUT2D eigenvalue weighted by molar-refractivity contribution is -0.132. The summed E-state index contributed by atoms with van der Waals surface area (Å²) < 4.78 is 0. The lowest BCUT2D eigenvalue weighted by Crippen LogP contribution is -1.95. The number of hydrogen-bond acceptors (Lipinski definition) is 1. The van der Waals surface area contributed by atoms with Gasteiger partial charge in [-0.25, -0.2) is 4.79 Å². The standard InChI is InChI=1S/C14H14.C5H8O2.CH4/c1-11-3-7-13(8-4-11)14-9-5-12(2)6-10-14;1-3-4(2)5(6)7;/h3-10H,1-2H3;2-3H2,1H3,(H,6,7);1H4. The average molecular weight is 298 g/mol. The molecule has 0 saturated heterocycles. The summed E-state index contributed by atoms with van der Waals surface area (Å²) in [6.07, 6.45) is 0.523. The summed E-state index contributed by atoms with van der Waals surface area (Å²) in [5.74, 6) is -0.900. The van der Waals surface area contributed by atoms with E-state index in [1.807, 2.05) is 0 Å². The number of carbonyl (C=O) groups is 1. The molecule has 2 aromatic rings. The minimum absolute atomic E-state index is 0. The van der Waals surface area contributed by atoms with Gasteiger partial charge in [0, 0.05) is 5.57 Å². The topological polar surface area (TPSA) is 37.3 Å². The highest BCUT2D eigenvalue weighted by Gasteiger charge is 1.96. The first-order valence-corrected chi connectivity index (χ1v) is 6.98. The van der Waals surface area contributed by atoms with Crippen LogP contribution in [0.3, 0.4) is 0 Å². The van der Waals surface area contributed by atoms with E-state index in [9.17, 15) is 4.79 Å². The molecule has 2 aromatic carbocycles.